The van der Waals surface area contributed by atoms with Gasteiger partial charge in [0.1, 0.15) is 12.1 Å². The minimum Gasteiger partial charge on any atom is -0.261 e. The number of benzene rings is 4. The smallest absolute Gasteiger partial charge is 0.235 e. The van der Waals surface area contributed by atoms with Crippen LogP contribution in [0.4, 0.5) is 0 Å². The molecule has 1 spiro atoms. The molecule has 6 rings (SSSR count). The average Bonchev–Trinajstić information content (AvgIpc) is 3.59. The van der Waals surface area contributed by atoms with Crippen molar-refractivity contribution >= 4 is 27.9 Å². The third-order valence-corrected chi connectivity index (χ3v) is 7.83. The fraction of sp³-hybridized carbons (Fsp3) is 0.300. The lowest BCUT2D eigenvalue weighted by atomic mass is 9.95. The molecule has 0 radical (unpaired) electrons. The van der Waals surface area contributed by atoms with Crippen molar-refractivity contribution in [2.24, 2.45) is 5.41 Å². The van der Waals surface area contributed by atoms with Crippen molar-refractivity contribution in [1.29, 1.82) is 0 Å². The Hall–Kier alpha value is -3.13. The van der Waals surface area contributed by atoms with Crippen LogP contribution in [0.5, 0.6) is 0 Å². The van der Waals surface area contributed by atoms with E-state index in [0.717, 1.165) is 13.1 Å². The average molecular weight is 420 g/mol. The van der Waals surface area contributed by atoms with Crippen molar-refractivity contribution < 1.29 is 4.58 Å². The van der Waals surface area contributed by atoms with Gasteiger partial charge < -0.3 is 0 Å². The van der Waals surface area contributed by atoms with Crippen molar-refractivity contribution in [2.45, 2.75) is 38.8 Å². The van der Waals surface area contributed by atoms with E-state index in [1.807, 2.05) is 0 Å². The standard InChI is InChI=1S/C30H31N2/c1-22(26-15-7-11-24-9-3-5-13-28(24)26)31-19-30(17-18-30)20-32(21-31)23(2)27-16-8-12-25-10-4-6-14-29(25)27/h3-16,21-23H,17-20H2,1-2H3/q+1/t22-,23-/m0/s1. The normalized spacial score (nSPS) is 19.2. The molecule has 160 valence electrons. The van der Waals surface area contributed by atoms with Crippen LogP contribution in [0.15, 0.2) is 84.9 Å². The van der Waals surface area contributed by atoms with E-state index in [0.29, 0.717) is 17.5 Å². The highest BCUT2D eigenvalue weighted by atomic mass is 15.3. The Balaban J connectivity index is 1.40. The van der Waals surface area contributed by atoms with Gasteiger partial charge in [-0.25, -0.2) is 0 Å². The lowest BCUT2D eigenvalue weighted by molar-refractivity contribution is -0.583. The highest BCUT2D eigenvalue weighted by Gasteiger charge is 2.52. The van der Waals surface area contributed by atoms with Crippen LogP contribution in [-0.4, -0.2) is 28.9 Å². The van der Waals surface area contributed by atoms with Gasteiger partial charge in [-0.1, -0.05) is 84.9 Å². The highest BCUT2D eigenvalue weighted by Crippen LogP contribution is 2.49. The first kappa shape index (κ1) is 19.5. The Kier molecular flexibility index (Phi) is 4.57. The van der Waals surface area contributed by atoms with Crippen LogP contribution in [0.3, 0.4) is 0 Å². The quantitative estimate of drug-likeness (QED) is 0.324. The van der Waals surface area contributed by atoms with Crippen LogP contribution in [0.25, 0.3) is 21.5 Å². The molecule has 1 saturated carbocycles. The Morgan fingerprint density at radius 2 is 1.28 bits per heavy atom. The van der Waals surface area contributed by atoms with Gasteiger partial charge in [-0.15, -0.1) is 0 Å². The van der Waals surface area contributed by atoms with E-state index in [1.165, 1.54) is 45.5 Å². The zero-order valence-electron chi connectivity index (χ0n) is 19.0. The molecule has 1 aliphatic carbocycles. The molecule has 0 amide bonds. The molecule has 2 heteroatoms. The summed E-state index contributed by atoms with van der Waals surface area (Å²) in [6, 6.07) is 31.8. The number of hydrogen-bond donors (Lipinski definition) is 0. The molecular weight excluding hydrogens is 388 g/mol. The van der Waals surface area contributed by atoms with Gasteiger partial charge in [0.15, 0.2) is 0 Å². The molecular formula is C30H31N2+. The van der Waals surface area contributed by atoms with Gasteiger partial charge in [-0.05, 0) is 48.2 Å². The summed E-state index contributed by atoms with van der Waals surface area (Å²) in [7, 11) is 0. The predicted octanol–water partition coefficient (Wildman–Crippen LogP) is 6.95. The maximum atomic E-state index is 2.61. The number of fused-ring (bicyclic) bond motifs is 2. The lowest BCUT2D eigenvalue weighted by Crippen LogP contribution is -2.45. The van der Waals surface area contributed by atoms with Crippen molar-refractivity contribution in [1.82, 2.24) is 4.90 Å². The minimum absolute atomic E-state index is 0.348. The molecule has 1 aliphatic heterocycles. The van der Waals surface area contributed by atoms with Gasteiger partial charge in [0, 0.05) is 16.5 Å². The summed E-state index contributed by atoms with van der Waals surface area (Å²) in [4.78, 5) is 2.61. The molecule has 0 saturated heterocycles. The van der Waals surface area contributed by atoms with Gasteiger partial charge in [0.25, 0.3) is 0 Å². The van der Waals surface area contributed by atoms with E-state index in [9.17, 15) is 0 Å². The van der Waals surface area contributed by atoms with Gasteiger partial charge in [-0.3, -0.25) is 9.48 Å². The molecule has 2 atom stereocenters. The van der Waals surface area contributed by atoms with Crippen LogP contribution in [0.2, 0.25) is 0 Å². The summed E-state index contributed by atoms with van der Waals surface area (Å²) in [6.07, 6.45) is 5.12. The van der Waals surface area contributed by atoms with E-state index in [4.69, 9.17) is 0 Å². The predicted molar refractivity (Wildman–Crippen MR) is 134 cm³/mol. The fourth-order valence-corrected chi connectivity index (χ4v) is 5.65. The third kappa shape index (κ3) is 3.30. The maximum Gasteiger partial charge on any atom is 0.235 e. The van der Waals surface area contributed by atoms with Gasteiger partial charge >= 0.3 is 0 Å². The van der Waals surface area contributed by atoms with E-state index in [2.05, 4.69) is 115 Å². The molecule has 1 fully saturated rings. The summed E-state index contributed by atoms with van der Waals surface area (Å²) in [5, 5.41) is 5.41. The third-order valence-electron chi connectivity index (χ3n) is 7.83. The zero-order chi connectivity index (χ0) is 21.7. The summed E-state index contributed by atoms with van der Waals surface area (Å²) in [5.41, 5.74) is 3.30. The SMILES string of the molecule is C[C@@H](c1cccc2ccccc12)N1C=[N+]([C@@H](C)c2cccc3ccccc23)CC2(CC2)C1. The van der Waals surface area contributed by atoms with Crippen LogP contribution in [0.1, 0.15) is 49.9 Å². The highest BCUT2D eigenvalue weighted by molar-refractivity contribution is 5.87. The number of nitrogens with zero attached hydrogens (tertiary/aromatic N) is 2. The molecule has 0 bridgehead atoms. The fourth-order valence-electron chi connectivity index (χ4n) is 5.65. The molecule has 32 heavy (non-hydrogen) atoms. The monoisotopic (exact) mass is 419 g/mol. The minimum atomic E-state index is 0.348. The second-order valence-corrected chi connectivity index (χ2v) is 9.95. The van der Waals surface area contributed by atoms with Crippen LogP contribution >= 0.6 is 0 Å². The van der Waals surface area contributed by atoms with Crippen molar-refractivity contribution in [2.75, 3.05) is 13.1 Å². The zero-order valence-corrected chi connectivity index (χ0v) is 19.0. The molecule has 4 aromatic carbocycles. The summed E-state index contributed by atoms with van der Waals surface area (Å²) >= 11 is 0. The van der Waals surface area contributed by atoms with E-state index in [-0.39, 0.29) is 0 Å². The van der Waals surface area contributed by atoms with E-state index >= 15 is 0 Å². The van der Waals surface area contributed by atoms with Crippen LogP contribution < -0.4 is 0 Å². The Bertz CT molecular complexity index is 1320. The molecule has 0 unspecified atom stereocenters. The Morgan fingerprint density at radius 3 is 1.94 bits per heavy atom. The largest absolute Gasteiger partial charge is 0.261 e. The molecule has 2 aliphatic rings. The Labute approximate surface area is 190 Å². The number of rotatable bonds is 4. The van der Waals surface area contributed by atoms with Crippen LogP contribution in [0, 0.1) is 5.41 Å². The van der Waals surface area contributed by atoms with E-state index < -0.39 is 0 Å². The first-order chi connectivity index (χ1) is 15.6. The first-order valence-electron chi connectivity index (χ1n) is 12.0. The molecule has 4 aromatic rings. The molecule has 0 N–H and O–H groups in total. The lowest BCUT2D eigenvalue weighted by Gasteiger charge is -2.33. The van der Waals surface area contributed by atoms with Gasteiger partial charge in [0.2, 0.25) is 6.34 Å². The van der Waals surface area contributed by atoms with Gasteiger partial charge in [0.05, 0.1) is 13.1 Å². The second-order valence-electron chi connectivity index (χ2n) is 9.95. The number of hydrogen-bond acceptors (Lipinski definition) is 1. The summed E-state index contributed by atoms with van der Waals surface area (Å²) in [5.74, 6) is 0. The molecule has 2 nitrogen and oxygen atoms in total. The van der Waals surface area contributed by atoms with E-state index in [1.54, 1.807) is 0 Å². The molecule has 0 aromatic heterocycles. The summed E-state index contributed by atoms with van der Waals surface area (Å²) < 4.78 is 2.61. The second kappa shape index (κ2) is 7.48. The van der Waals surface area contributed by atoms with Gasteiger partial charge in [-0.2, -0.15) is 0 Å². The van der Waals surface area contributed by atoms with Crippen molar-refractivity contribution in [3.63, 3.8) is 0 Å². The topological polar surface area (TPSA) is 6.25 Å². The Morgan fingerprint density at radius 1 is 0.719 bits per heavy atom. The van der Waals surface area contributed by atoms with Crippen LogP contribution in [-0.2, 0) is 0 Å². The van der Waals surface area contributed by atoms with Crippen molar-refractivity contribution in [3.8, 4) is 0 Å². The molecule has 1 heterocycles. The first-order valence-corrected chi connectivity index (χ1v) is 12.0. The summed E-state index contributed by atoms with van der Waals surface area (Å²) in [6.45, 7) is 7.08. The van der Waals surface area contributed by atoms with Crippen molar-refractivity contribution in [3.05, 3.63) is 96.1 Å². The maximum absolute atomic E-state index is 2.61.